The molecule has 0 aromatic heterocycles. The number of thioether (sulfide) groups is 1. The second-order valence-electron chi connectivity index (χ2n) is 6.04. The number of carbonyl (C=O) groups excluding carboxylic acids is 3. The molecule has 25 heavy (non-hydrogen) atoms. The van der Waals surface area contributed by atoms with Crippen LogP contribution in [0.2, 0.25) is 0 Å². The summed E-state index contributed by atoms with van der Waals surface area (Å²) < 4.78 is 0. The Labute approximate surface area is 150 Å². The molecule has 1 N–H and O–H groups in total. The number of aryl methyl sites for hydroxylation is 2. The maximum atomic E-state index is 12.2. The van der Waals surface area contributed by atoms with Crippen molar-refractivity contribution in [1.29, 1.82) is 0 Å². The third-order valence-electron chi connectivity index (χ3n) is 4.06. The number of anilines is 1. The first-order valence-electron chi connectivity index (χ1n) is 7.83. The van der Waals surface area contributed by atoms with E-state index in [1.54, 1.807) is 18.2 Å². The molecule has 3 amide bonds. The molecule has 0 fully saturated rings. The van der Waals surface area contributed by atoms with Crippen molar-refractivity contribution in [1.82, 2.24) is 4.90 Å². The molecule has 2 aromatic rings. The molecule has 5 nitrogen and oxygen atoms in total. The Bertz CT molecular complexity index is 892. The van der Waals surface area contributed by atoms with E-state index in [1.165, 1.54) is 24.4 Å². The lowest BCUT2D eigenvalue weighted by molar-refractivity contribution is -0.113. The smallest absolute Gasteiger partial charge is 0.261 e. The molecule has 0 radical (unpaired) electrons. The first kappa shape index (κ1) is 17.2. The van der Waals surface area contributed by atoms with Crippen LogP contribution in [0, 0.1) is 13.8 Å². The number of amides is 3. The first-order valence-corrected chi connectivity index (χ1v) is 8.81. The fraction of sp³-hybridized carbons (Fsp3) is 0.211. The zero-order valence-corrected chi connectivity index (χ0v) is 15.1. The fourth-order valence-electron chi connectivity index (χ4n) is 2.74. The van der Waals surface area contributed by atoms with E-state index >= 15 is 0 Å². The molecular weight excluding hydrogens is 336 g/mol. The van der Waals surface area contributed by atoms with Crippen LogP contribution in [0.3, 0.4) is 0 Å². The van der Waals surface area contributed by atoms with Crippen molar-refractivity contribution < 1.29 is 14.4 Å². The summed E-state index contributed by atoms with van der Waals surface area (Å²) in [4.78, 5) is 38.2. The molecule has 6 heteroatoms. The molecule has 0 saturated heterocycles. The quantitative estimate of drug-likeness (QED) is 0.676. The monoisotopic (exact) mass is 354 g/mol. The summed E-state index contributed by atoms with van der Waals surface area (Å²) >= 11 is 1.47. The highest BCUT2D eigenvalue weighted by Gasteiger charge is 2.32. The Morgan fingerprint density at radius 3 is 2.48 bits per heavy atom. The molecule has 0 saturated carbocycles. The predicted molar refractivity (Wildman–Crippen MR) is 98.1 cm³/mol. The van der Waals surface area contributed by atoms with Crippen molar-refractivity contribution in [2.24, 2.45) is 0 Å². The molecule has 1 heterocycles. The second kappa shape index (κ2) is 6.72. The summed E-state index contributed by atoms with van der Waals surface area (Å²) in [5.41, 5.74) is 3.54. The van der Waals surface area contributed by atoms with Crippen LogP contribution in [0.4, 0.5) is 5.69 Å². The van der Waals surface area contributed by atoms with Gasteiger partial charge in [-0.25, -0.2) is 0 Å². The Morgan fingerprint density at radius 2 is 1.76 bits per heavy atom. The third-order valence-corrected chi connectivity index (χ3v) is 5.24. The molecule has 0 bridgehead atoms. The van der Waals surface area contributed by atoms with Crippen molar-refractivity contribution in [3.63, 3.8) is 0 Å². The van der Waals surface area contributed by atoms with Gasteiger partial charge in [-0.15, -0.1) is 11.8 Å². The zero-order chi connectivity index (χ0) is 18.1. The van der Waals surface area contributed by atoms with E-state index in [2.05, 4.69) is 11.4 Å². The van der Waals surface area contributed by atoms with Crippen LogP contribution < -0.4 is 5.32 Å². The zero-order valence-electron chi connectivity index (χ0n) is 14.3. The molecule has 2 aromatic carbocycles. The minimum Gasteiger partial charge on any atom is -0.325 e. The first-order chi connectivity index (χ1) is 11.9. The number of hydrogen-bond acceptors (Lipinski definition) is 4. The molecule has 128 valence electrons. The van der Waals surface area contributed by atoms with Gasteiger partial charge in [0.15, 0.2) is 0 Å². The Kier molecular flexibility index (Phi) is 4.63. The van der Waals surface area contributed by atoms with Gasteiger partial charge < -0.3 is 5.32 Å². The van der Waals surface area contributed by atoms with Gasteiger partial charge in [0.1, 0.15) is 0 Å². The lowest BCUT2D eigenvalue weighted by Crippen LogP contribution is -2.24. The number of nitrogens with one attached hydrogen (secondary N) is 1. The number of nitrogens with zero attached hydrogens (tertiary/aromatic N) is 1. The van der Waals surface area contributed by atoms with Gasteiger partial charge in [-0.2, -0.15) is 0 Å². The van der Waals surface area contributed by atoms with Crippen LogP contribution in [0.1, 0.15) is 31.8 Å². The summed E-state index contributed by atoms with van der Waals surface area (Å²) in [7, 11) is 1.45. The third kappa shape index (κ3) is 3.44. The number of carbonyl (C=O) groups is 3. The molecule has 0 aliphatic carbocycles. The average molecular weight is 354 g/mol. The summed E-state index contributed by atoms with van der Waals surface area (Å²) in [6, 6.07) is 10.9. The van der Waals surface area contributed by atoms with E-state index in [4.69, 9.17) is 0 Å². The van der Waals surface area contributed by atoms with Crippen LogP contribution in [0.15, 0.2) is 41.3 Å². The van der Waals surface area contributed by atoms with Gasteiger partial charge in [-0.05, 0) is 43.7 Å². The summed E-state index contributed by atoms with van der Waals surface area (Å²) in [6.45, 7) is 4.05. The Hall–Kier alpha value is -2.60. The highest BCUT2D eigenvalue weighted by atomic mass is 32.2. The highest BCUT2D eigenvalue weighted by Crippen LogP contribution is 2.26. The van der Waals surface area contributed by atoms with Gasteiger partial charge >= 0.3 is 0 Å². The van der Waals surface area contributed by atoms with Crippen molar-refractivity contribution in [3.05, 3.63) is 58.7 Å². The fourth-order valence-corrected chi connectivity index (χ4v) is 3.55. The lowest BCUT2D eigenvalue weighted by Gasteiger charge is -2.08. The number of imide groups is 1. The van der Waals surface area contributed by atoms with Crippen LogP contribution in [0.25, 0.3) is 0 Å². The molecule has 0 atom stereocenters. The van der Waals surface area contributed by atoms with Crippen molar-refractivity contribution in [2.45, 2.75) is 18.7 Å². The van der Waals surface area contributed by atoms with E-state index in [0.717, 1.165) is 15.4 Å². The van der Waals surface area contributed by atoms with Gasteiger partial charge in [0, 0.05) is 17.6 Å². The topological polar surface area (TPSA) is 66.5 Å². The van der Waals surface area contributed by atoms with E-state index in [-0.39, 0.29) is 23.5 Å². The van der Waals surface area contributed by atoms with Gasteiger partial charge in [-0.3, -0.25) is 19.3 Å². The van der Waals surface area contributed by atoms with E-state index < -0.39 is 0 Å². The van der Waals surface area contributed by atoms with E-state index in [1.807, 2.05) is 26.0 Å². The minimum atomic E-state index is -0.347. The number of fused-ring (bicyclic) bond motifs is 1. The standard InChI is InChI=1S/C19H18N2O3S/c1-11-4-7-16(12(2)8-11)25-10-17(22)20-13-5-6-14-15(9-13)19(24)21(3)18(14)23/h4-9H,10H2,1-3H3,(H,20,22). The van der Waals surface area contributed by atoms with Crippen molar-refractivity contribution >= 4 is 35.2 Å². The molecule has 3 rings (SSSR count). The maximum Gasteiger partial charge on any atom is 0.261 e. The highest BCUT2D eigenvalue weighted by molar-refractivity contribution is 8.00. The van der Waals surface area contributed by atoms with Crippen molar-refractivity contribution in [2.75, 3.05) is 18.1 Å². The van der Waals surface area contributed by atoms with E-state index in [0.29, 0.717) is 16.8 Å². The summed E-state index contributed by atoms with van der Waals surface area (Å²) in [5.74, 6) is -0.549. The second-order valence-corrected chi connectivity index (χ2v) is 7.05. The van der Waals surface area contributed by atoms with Gasteiger partial charge in [0.25, 0.3) is 11.8 Å². The van der Waals surface area contributed by atoms with Crippen LogP contribution in [0.5, 0.6) is 0 Å². The number of hydrogen-bond donors (Lipinski definition) is 1. The van der Waals surface area contributed by atoms with Crippen LogP contribution in [-0.2, 0) is 4.79 Å². The lowest BCUT2D eigenvalue weighted by atomic mass is 10.1. The largest absolute Gasteiger partial charge is 0.325 e. The Balaban J connectivity index is 1.66. The van der Waals surface area contributed by atoms with Gasteiger partial charge in [-0.1, -0.05) is 17.7 Å². The predicted octanol–water partition coefficient (Wildman–Crippen LogP) is 3.26. The molecular formula is C19H18N2O3S. The molecule has 1 aliphatic heterocycles. The van der Waals surface area contributed by atoms with E-state index in [9.17, 15) is 14.4 Å². The van der Waals surface area contributed by atoms with Gasteiger partial charge in [0.2, 0.25) is 5.91 Å². The minimum absolute atomic E-state index is 0.157. The molecule has 0 spiro atoms. The van der Waals surface area contributed by atoms with Crippen molar-refractivity contribution in [3.8, 4) is 0 Å². The van der Waals surface area contributed by atoms with Crippen LogP contribution in [-0.4, -0.2) is 35.4 Å². The molecule has 1 aliphatic rings. The summed E-state index contributed by atoms with van der Waals surface area (Å²) in [6.07, 6.45) is 0. The molecule has 0 unspecified atom stereocenters. The normalized spacial score (nSPS) is 13.2. The number of benzene rings is 2. The average Bonchev–Trinajstić information content (AvgIpc) is 2.78. The Morgan fingerprint density at radius 1 is 1.04 bits per heavy atom. The SMILES string of the molecule is Cc1ccc(SCC(=O)Nc2ccc3c(c2)C(=O)N(C)C3=O)c(C)c1. The van der Waals surface area contributed by atoms with Gasteiger partial charge in [0.05, 0.1) is 16.9 Å². The maximum absolute atomic E-state index is 12.2. The van der Waals surface area contributed by atoms with Crippen LogP contribution >= 0.6 is 11.8 Å². The number of rotatable bonds is 4. The summed E-state index contributed by atoms with van der Waals surface area (Å²) in [5, 5.41) is 2.78.